The molecule has 0 bridgehead atoms. The Morgan fingerprint density at radius 1 is 1.27 bits per heavy atom. The third-order valence-corrected chi connectivity index (χ3v) is 5.01. The number of benzene rings is 2. The Morgan fingerprint density at radius 2 is 2.08 bits per heavy atom. The lowest BCUT2D eigenvalue weighted by molar-refractivity contribution is -0.113. The van der Waals surface area contributed by atoms with Gasteiger partial charge in [0.1, 0.15) is 0 Å². The quantitative estimate of drug-likeness (QED) is 0.461. The second-order valence-electron chi connectivity index (χ2n) is 5.54. The van der Waals surface area contributed by atoms with Crippen LogP contribution in [0.5, 0.6) is 0 Å². The van der Waals surface area contributed by atoms with Gasteiger partial charge in [0.25, 0.3) is 5.91 Å². The summed E-state index contributed by atoms with van der Waals surface area (Å²) in [7, 11) is 0. The molecule has 3 aromatic rings. The standard InChI is InChI=1S/C20H19ClN2O2S/c1-2-25-13-12-23-17-10-9-16(21)14-18(17)26-20(23)22-19(24)11-8-15-6-4-3-5-7-15/h3-11,14H,2,12-13H2,1H3/b11-8+,22-20?. The number of fused-ring (bicyclic) bond motifs is 1. The van der Waals surface area contributed by atoms with Crippen LogP contribution in [0.3, 0.4) is 0 Å². The molecule has 0 aliphatic heterocycles. The topological polar surface area (TPSA) is 43.6 Å². The molecule has 0 aliphatic rings. The van der Waals surface area contributed by atoms with Crippen molar-refractivity contribution < 1.29 is 9.53 Å². The van der Waals surface area contributed by atoms with Crippen molar-refractivity contribution in [1.82, 2.24) is 4.57 Å². The number of hydrogen-bond donors (Lipinski definition) is 0. The number of amides is 1. The van der Waals surface area contributed by atoms with Crippen LogP contribution in [-0.4, -0.2) is 23.7 Å². The molecule has 3 rings (SSSR count). The van der Waals surface area contributed by atoms with Crippen LogP contribution in [0.4, 0.5) is 0 Å². The predicted molar refractivity (Wildman–Crippen MR) is 107 cm³/mol. The zero-order valence-electron chi connectivity index (χ0n) is 14.4. The minimum Gasteiger partial charge on any atom is -0.380 e. The Bertz CT molecular complexity index is 990. The van der Waals surface area contributed by atoms with E-state index in [9.17, 15) is 4.79 Å². The molecule has 0 saturated carbocycles. The fraction of sp³-hybridized carbons (Fsp3) is 0.200. The molecule has 0 spiro atoms. The Labute approximate surface area is 161 Å². The van der Waals surface area contributed by atoms with E-state index in [1.807, 2.05) is 60.0 Å². The van der Waals surface area contributed by atoms with Gasteiger partial charge in [-0.1, -0.05) is 53.3 Å². The molecule has 0 atom stereocenters. The Hall–Kier alpha value is -2.21. The van der Waals surface area contributed by atoms with Crippen LogP contribution in [0, 0.1) is 0 Å². The summed E-state index contributed by atoms with van der Waals surface area (Å²) >= 11 is 7.54. The van der Waals surface area contributed by atoms with Crippen molar-refractivity contribution in [2.75, 3.05) is 13.2 Å². The maximum Gasteiger partial charge on any atom is 0.272 e. The number of thiazole rings is 1. The van der Waals surface area contributed by atoms with E-state index in [0.717, 1.165) is 15.8 Å². The molecular weight excluding hydrogens is 368 g/mol. The molecule has 0 unspecified atom stereocenters. The van der Waals surface area contributed by atoms with E-state index in [0.29, 0.717) is 29.6 Å². The Balaban J connectivity index is 1.93. The van der Waals surface area contributed by atoms with Crippen molar-refractivity contribution in [2.45, 2.75) is 13.5 Å². The highest BCUT2D eigenvalue weighted by Crippen LogP contribution is 2.21. The Morgan fingerprint density at radius 3 is 2.85 bits per heavy atom. The van der Waals surface area contributed by atoms with Gasteiger partial charge in [-0.2, -0.15) is 4.99 Å². The van der Waals surface area contributed by atoms with Gasteiger partial charge in [0.05, 0.1) is 16.8 Å². The van der Waals surface area contributed by atoms with Crippen molar-refractivity contribution in [3.8, 4) is 0 Å². The van der Waals surface area contributed by atoms with E-state index in [-0.39, 0.29) is 5.91 Å². The Kier molecular flexibility index (Phi) is 6.39. The van der Waals surface area contributed by atoms with Gasteiger partial charge in [0.2, 0.25) is 0 Å². The highest BCUT2D eigenvalue weighted by Gasteiger charge is 2.08. The van der Waals surface area contributed by atoms with E-state index in [4.69, 9.17) is 16.3 Å². The molecule has 2 aromatic carbocycles. The van der Waals surface area contributed by atoms with Crippen LogP contribution in [-0.2, 0) is 16.1 Å². The third kappa shape index (κ3) is 4.69. The first kappa shape index (κ1) is 18.6. The third-order valence-electron chi connectivity index (χ3n) is 3.73. The van der Waals surface area contributed by atoms with Gasteiger partial charge in [0, 0.05) is 24.3 Å². The molecule has 26 heavy (non-hydrogen) atoms. The fourth-order valence-corrected chi connectivity index (χ4v) is 3.85. The fourth-order valence-electron chi connectivity index (χ4n) is 2.51. The van der Waals surface area contributed by atoms with Crippen molar-refractivity contribution in [3.05, 3.63) is 70.0 Å². The number of nitrogens with zero attached hydrogens (tertiary/aromatic N) is 2. The van der Waals surface area contributed by atoms with Crippen LogP contribution >= 0.6 is 22.9 Å². The average molecular weight is 387 g/mol. The van der Waals surface area contributed by atoms with Gasteiger partial charge in [-0.05, 0) is 36.8 Å². The molecule has 1 aromatic heterocycles. The van der Waals surface area contributed by atoms with Gasteiger partial charge in [-0.3, -0.25) is 4.79 Å². The smallest absolute Gasteiger partial charge is 0.272 e. The average Bonchev–Trinajstić information content (AvgIpc) is 2.97. The van der Waals surface area contributed by atoms with E-state index in [1.165, 1.54) is 17.4 Å². The molecule has 1 heterocycles. The summed E-state index contributed by atoms with van der Waals surface area (Å²) in [4.78, 5) is 17.2. The predicted octanol–water partition coefficient (Wildman–Crippen LogP) is 4.53. The number of hydrogen-bond acceptors (Lipinski definition) is 3. The minimum atomic E-state index is -0.295. The first-order chi connectivity index (χ1) is 12.7. The SMILES string of the molecule is CCOCCn1c(=NC(=O)/C=C/c2ccccc2)sc2cc(Cl)ccc21. The molecule has 134 valence electrons. The van der Waals surface area contributed by atoms with Crippen molar-refractivity contribution in [1.29, 1.82) is 0 Å². The zero-order chi connectivity index (χ0) is 18.4. The highest BCUT2D eigenvalue weighted by atomic mass is 35.5. The maximum atomic E-state index is 12.3. The molecule has 0 saturated heterocycles. The second kappa shape index (κ2) is 8.94. The van der Waals surface area contributed by atoms with Crippen molar-refractivity contribution >= 4 is 45.1 Å². The first-order valence-corrected chi connectivity index (χ1v) is 9.55. The number of carbonyl (C=O) groups is 1. The van der Waals surface area contributed by atoms with Crippen LogP contribution < -0.4 is 4.80 Å². The van der Waals surface area contributed by atoms with Crippen LogP contribution in [0.25, 0.3) is 16.3 Å². The monoisotopic (exact) mass is 386 g/mol. The van der Waals surface area contributed by atoms with Crippen molar-refractivity contribution in [3.63, 3.8) is 0 Å². The summed E-state index contributed by atoms with van der Waals surface area (Å²) in [5.41, 5.74) is 1.96. The summed E-state index contributed by atoms with van der Waals surface area (Å²) in [5, 5.41) is 0.664. The molecule has 4 nitrogen and oxygen atoms in total. The van der Waals surface area contributed by atoms with Crippen LogP contribution in [0.1, 0.15) is 12.5 Å². The van der Waals surface area contributed by atoms with Crippen LogP contribution in [0.15, 0.2) is 59.6 Å². The minimum absolute atomic E-state index is 0.295. The summed E-state index contributed by atoms with van der Waals surface area (Å²) < 4.78 is 8.46. The van der Waals surface area contributed by atoms with E-state index in [1.54, 1.807) is 6.08 Å². The number of ether oxygens (including phenoxy) is 1. The van der Waals surface area contributed by atoms with E-state index < -0.39 is 0 Å². The van der Waals surface area contributed by atoms with Gasteiger partial charge in [-0.25, -0.2) is 0 Å². The van der Waals surface area contributed by atoms with Gasteiger partial charge >= 0.3 is 0 Å². The number of carbonyl (C=O) groups excluding carboxylic acids is 1. The van der Waals surface area contributed by atoms with E-state index >= 15 is 0 Å². The normalized spacial score (nSPS) is 12.3. The molecule has 0 aliphatic carbocycles. The number of rotatable bonds is 6. The zero-order valence-corrected chi connectivity index (χ0v) is 16.0. The van der Waals surface area contributed by atoms with Gasteiger partial charge in [0.15, 0.2) is 4.80 Å². The largest absolute Gasteiger partial charge is 0.380 e. The lowest BCUT2D eigenvalue weighted by Crippen LogP contribution is -2.19. The van der Waals surface area contributed by atoms with Gasteiger partial charge < -0.3 is 9.30 Å². The lowest BCUT2D eigenvalue weighted by Gasteiger charge is -2.05. The van der Waals surface area contributed by atoms with Crippen molar-refractivity contribution in [2.24, 2.45) is 4.99 Å². The highest BCUT2D eigenvalue weighted by molar-refractivity contribution is 7.16. The summed E-state index contributed by atoms with van der Waals surface area (Å²) in [6.07, 6.45) is 3.25. The molecule has 1 amide bonds. The number of aromatic nitrogens is 1. The summed E-state index contributed by atoms with van der Waals surface area (Å²) in [6.45, 7) is 3.80. The molecule has 0 radical (unpaired) electrons. The summed E-state index contributed by atoms with van der Waals surface area (Å²) in [6, 6.07) is 15.4. The molecular formula is C20H19ClN2O2S. The van der Waals surface area contributed by atoms with Crippen LogP contribution in [0.2, 0.25) is 5.02 Å². The second-order valence-corrected chi connectivity index (χ2v) is 6.98. The molecule has 0 fully saturated rings. The maximum absolute atomic E-state index is 12.3. The molecule has 6 heteroatoms. The molecule has 0 N–H and O–H groups in total. The lowest BCUT2D eigenvalue weighted by atomic mass is 10.2. The van der Waals surface area contributed by atoms with Gasteiger partial charge in [-0.15, -0.1) is 0 Å². The first-order valence-electron chi connectivity index (χ1n) is 8.36. The van der Waals surface area contributed by atoms with E-state index in [2.05, 4.69) is 4.99 Å². The summed E-state index contributed by atoms with van der Waals surface area (Å²) in [5.74, 6) is -0.295. The number of halogens is 1.